The molecule has 0 saturated heterocycles. The molecular weight excluding hydrogens is 387 g/mol. The van der Waals surface area contributed by atoms with Crippen molar-refractivity contribution in [2.45, 2.75) is 51.0 Å². The normalized spacial score (nSPS) is 15.6. The van der Waals surface area contributed by atoms with E-state index in [4.69, 9.17) is 9.05 Å². The van der Waals surface area contributed by atoms with Crippen LogP contribution in [0.3, 0.4) is 0 Å². The SMILES string of the molecule is CCCOP(=O)(OCC)S[C@@H](C)C(=O)NC(=O)ON=CC(C)(C)SC. The Bertz CT molecular complexity index is 516. The number of amides is 2. The number of thioether (sulfide) groups is 1. The smallest absolute Gasteiger partial charge is 0.301 e. The molecule has 2 amide bonds. The van der Waals surface area contributed by atoms with Crippen molar-refractivity contribution < 1.29 is 28.0 Å². The van der Waals surface area contributed by atoms with E-state index in [9.17, 15) is 14.2 Å². The first-order valence-electron chi connectivity index (χ1n) is 7.78. The van der Waals surface area contributed by atoms with E-state index in [-0.39, 0.29) is 18.0 Å². The number of nitrogens with one attached hydrogen (secondary N) is 1. The van der Waals surface area contributed by atoms with Gasteiger partial charge in [-0.05, 0) is 51.8 Å². The molecule has 11 heteroatoms. The molecule has 1 N–H and O–H groups in total. The maximum absolute atomic E-state index is 12.5. The van der Waals surface area contributed by atoms with Gasteiger partial charge in [0, 0.05) is 4.75 Å². The summed E-state index contributed by atoms with van der Waals surface area (Å²) in [7, 11) is 0. The predicted octanol–water partition coefficient (Wildman–Crippen LogP) is 4.06. The van der Waals surface area contributed by atoms with Gasteiger partial charge in [-0.1, -0.05) is 12.1 Å². The van der Waals surface area contributed by atoms with E-state index in [1.807, 2.05) is 32.3 Å². The van der Waals surface area contributed by atoms with Gasteiger partial charge < -0.3 is 9.05 Å². The molecule has 25 heavy (non-hydrogen) atoms. The Morgan fingerprint density at radius 2 is 1.96 bits per heavy atom. The zero-order valence-corrected chi connectivity index (χ0v) is 18.0. The van der Waals surface area contributed by atoms with Gasteiger partial charge in [0.2, 0.25) is 5.91 Å². The Hall–Kier alpha value is -0.540. The fraction of sp³-hybridized carbons (Fsp3) is 0.786. The lowest BCUT2D eigenvalue weighted by atomic mass is 10.2. The highest BCUT2D eigenvalue weighted by atomic mass is 32.7. The van der Waals surface area contributed by atoms with Gasteiger partial charge >= 0.3 is 12.9 Å². The van der Waals surface area contributed by atoms with Gasteiger partial charge in [-0.2, -0.15) is 11.8 Å². The van der Waals surface area contributed by atoms with Gasteiger partial charge in [-0.3, -0.25) is 14.9 Å². The molecular formula is C14H27N2O6PS2. The lowest BCUT2D eigenvalue weighted by Gasteiger charge is -2.19. The standard InChI is InChI=1S/C14H27N2O6PS2/c1-7-9-21-23(19,20-8-2)25-11(3)12(17)16-13(18)22-15-10-14(4,5)24-6/h10-11H,7-9H2,1-6H3,(H,16,17,18)/t11-,23?/m0/s1. The number of imide groups is 1. The molecule has 0 aromatic heterocycles. The molecule has 0 spiro atoms. The molecule has 0 aliphatic rings. The molecule has 0 fully saturated rings. The quantitative estimate of drug-likeness (QED) is 0.234. The number of carbonyl (C=O) groups excluding carboxylic acids is 2. The van der Waals surface area contributed by atoms with Crippen molar-refractivity contribution in [2.24, 2.45) is 5.16 Å². The third-order valence-corrected chi connectivity index (χ3v) is 8.02. The summed E-state index contributed by atoms with van der Waals surface area (Å²) < 4.78 is 22.6. The van der Waals surface area contributed by atoms with Crippen LogP contribution in [0.5, 0.6) is 0 Å². The van der Waals surface area contributed by atoms with Crippen LogP contribution in [0.4, 0.5) is 4.79 Å². The number of hydrogen-bond donors (Lipinski definition) is 1. The first kappa shape index (κ1) is 24.5. The average molecular weight is 414 g/mol. The molecule has 0 heterocycles. The molecule has 0 aromatic carbocycles. The minimum atomic E-state index is -3.47. The second kappa shape index (κ2) is 12.0. The Labute approximate surface area is 157 Å². The molecule has 0 aliphatic carbocycles. The number of nitrogens with zero attached hydrogens (tertiary/aromatic N) is 1. The van der Waals surface area contributed by atoms with E-state index in [1.165, 1.54) is 24.9 Å². The summed E-state index contributed by atoms with van der Waals surface area (Å²) in [6.07, 6.45) is 3.01. The Balaban J connectivity index is 4.57. The summed E-state index contributed by atoms with van der Waals surface area (Å²) in [6, 6.07) is 0. The van der Waals surface area contributed by atoms with Gasteiger partial charge in [-0.15, -0.1) is 0 Å². The van der Waals surface area contributed by atoms with Crippen molar-refractivity contribution in [3.05, 3.63) is 0 Å². The predicted molar refractivity (Wildman–Crippen MR) is 103 cm³/mol. The molecule has 0 radical (unpaired) electrons. The van der Waals surface area contributed by atoms with Crippen molar-refractivity contribution in [3.8, 4) is 0 Å². The summed E-state index contributed by atoms with van der Waals surface area (Å²) in [5, 5.41) is 4.74. The molecule has 0 rings (SSSR count). The van der Waals surface area contributed by atoms with E-state index in [1.54, 1.807) is 6.92 Å². The zero-order chi connectivity index (χ0) is 19.5. The van der Waals surface area contributed by atoms with Gasteiger partial charge in [0.05, 0.1) is 24.7 Å². The van der Waals surface area contributed by atoms with E-state index in [0.29, 0.717) is 6.42 Å². The largest absolute Gasteiger partial charge is 0.440 e. The molecule has 1 unspecified atom stereocenters. The van der Waals surface area contributed by atoms with Gasteiger partial charge in [0.25, 0.3) is 0 Å². The molecule has 0 saturated carbocycles. The fourth-order valence-corrected chi connectivity index (χ4v) is 5.14. The van der Waals surface area contributed by atoms with Crippen LogP contribution in [0.25, 0.3) is 0 Å². The minimum Gasteiger partial charge on any atom is -0.301 e. The molecule has 0 aromatic rings. The second-order valence-corrected chi connectivity index (χ2v) is 11.1. The van der Waals surface area contributed by atoms with Crippen LogP contribution in [0, 0.1) is 0 Å². The summed E-state index contributed by atoms with van der Waals surface area (Å²) in [4.78, 5) is 28.2. The Morgan fingerprint density at radius 1 is 1.32 bits per heavy atom. The van der Waals surface area contributed by atoms with Crippen molar-refractivity contribution in [2.75, 3.05) is 19.5 Å². The first-order chi connectivity index (χ1) is 11.6. The number of oxime groups is 1. The molecule has 2 atom stereocenters. The van der Waals surface area contributed by atoms with Crippen molar-refractivity contribution in [1.29, 1.82) is 0 Å². The van der Waals surface area contributed by atoms with Crippen LogP contribution in [-0.2, 0) is 23.2 Å². The first-order valence-corrected chi connectivity index (χ1v) is 12.0. The number of hydrogen-bond acceptors (Lipinski definition) is 9. The van der Waals surface area contributed by atoms with Gasteiger partial charge in [0.15, 0.2) is 0 Å². The number of carbonyl (C=O) groups is 2. The monoisotopic (exact) mass is 414 g/mol. The summed E-state index contributed by atoms with van der Waals surface area (Å²) >= 11 is 2.27. The zero-order valence-electron chi connectivity index (χ0n) is 15.4. The summed E-state index contributed by atoms with van der Waals surface area (Å²) in [5.74, 6) is -0.672. The van der Waals surface area contributed by atoms with E-state index in [0.717, 1.165) is 11.4 Å². The molecule has 0 bridgehead atoms. The van der Waals surface area contributed by atoms with E-state index < -0.39 is 24.0 Å². The van der Waals surface area contributed by atoms with Crippen molar-refractivity contribution in [3.63, 3.8) is 0 Å². The highest BCUT2D eigenvalue weighted by Gasteiger charge is 2.32. The summed E-state index contributed by atoms with van der Waals surface area (Å²) in [6.45, 7) is 5.80. The molecule has 0 aliphatic heterocycles. The van der Waals surface area contributed by atoms with Crippen LogP contribution in [0.2, 0.25) is 0 Å². The van der Waals surface area contributed by atoms with Gasteiger partial charge in [0.1, 0.15) is 0 Å². The van der Waals surface area contributed by atoms with Gasteiger partial charge in [-0.25, -0.2) is 9.36 Å². The second-order valence-electron chi connectivity index (χ2n) is 5.36. The highest BCUT2D eigenvalue weighted by molar-refractivity contribution is 8.55. The average Bonchev–Trinajstić information content (AvgIpc) is 2.52. The Morgan fingerprint density at radius 3 is 2.48 bits per heavy atom. The summed E-state index contributed by atoms with van der Waals surface area (Å²) in [5.41, 5.74) is 0. The third-order valence-electron chi connectivity index (χ3n) is 2.65. The van der Waals surface area contributed by atoms with Crippen LogP contribution < -0.4 is 5.32 Å². The van der Waals surface area contributed by atoms with Crippen LogP contribution in [0.1, 0.15) is 41.0 Å². The van der Waals surface area contributed by atoms with E-state index >= 15 is 0 Å². The highest BCUT2D eigenvalue weighted by Crippen LogP contribution is 2.62. The number of rotatable bonds is 11. The maximum atomic E-state index is 12.5. The van der Waals surface area contributed by atoms with Crippen molar-refractivity contribution in [1.82, 2.24) is 5.32 Å². The van der Waals surface area contributed by atoms with E-state index in [2.05, 4.69) is 9.99 Å². The van der Waals surface area contributed by atoms with Crippen LogP contribution >= 0.6 is 29.9 Å². The lowest BCUT2D eigenvalue weighted by molar-refractivity contribution is -0.119. The lowest BCUT2D eigenvalue weighted by Crippen LogP contribution is -2.35. The van der Waals surface area contributed by atoms with Crippen molar-refractivity contribution >= 4 is 48.2 Å². The minimum absolute atomic E-state index is 0.185. The fourth-order valence-electron chi connectivity index (χ4n) is 1.18. The Kier molecular flexibility index (Phi) is 11.7. The molecule has 146 valence electrons. The third kappa shape index (κ3) is 10.9. The maximum Gasteiger partial charge on any atom is 0.440 e. The topological polar surface area (TPSA) is 103 Å². The van der Waals surface area contributed by atoms with Crippen LogP contribution in [0.15, 0.2) is 5.16 Å². The van der Waals surface area contributed by atoms with Crippen LogP contribution in [-0.4, -0.2) is 47.7 Å². The molecule has 8 nitrogen and oxygen atoms in total.